The summed E-state index contributed by atoms with van der Waals surface area (Å²) in [6, 6.07) is 0. The second-order valence-electron chi connectivity index (χ2n) is 4.30. The molecule has 102 valence electrons. The van der Waals surface area contributed by atoms with E-state index in [-0.39, 0.29) is 12.3 Å². The highest BCUT2D eigenvalue weighted by Gasteiger charge is 2.36. The number of methoxy groups -OCH3 is 2. The van der Waals surface area contributed by atoms with Gasteiger partial charge in [0.1, 0.15) is 15.4 Å². The van der Waals surface area contributed by atoms with Crippen LogP contribution in [0.4, 0.5) is 0 Å². The van der Waals surface area contributed by atoms with Crippen molar-refractivity contribution in [3.05, 3.63) is 11.3 Å². The molecule has 0 amide bonds. The maximum absolute atomic E-state index is 11.1. The number of ether oxygens (including phenoxy) is 2. The summed E-state index contributed by atoms with van der Waals surface area (Å²) in [6.07, 6.45) is 2.41. The lowest BCUT2D eigenvalue weighted by atomic mass is 9.83. The quantitative estimate of drug-likeness (QED) is 0.515. The van der Waals surface area contributed by atoms with Crippen LogP contribution >= 0.6 is 0 Å². The van der Waals surface area contributed by atoms with Crippen molar-refractivity contribution in [2.24, 2.45) is 11.8 Å². The van der Waals surface area contributed by atoms with Crippen molar-refractivity contribution in [3.63, 3.8) is 0 Å². The molecule has 0 aromatic rings. The summed E-state index contributed by atoms with van der Waals surface area (Å²) in [7, 11) is 2.21. The molecular weight excluding hydrogens is 256 g/mol. The lowest BCUT2D eigenvalue weighted by Gasteiger charge is -2.26. The Morgan fingerprint density at radius 1 is 1.28 bits per heavy atom. The fraction of sp³-hybridized carbons (Fsp3) is 0.636. The van der Waals surface area contributed by atoms with Gasteiger partial charge in [0.2, 0.25) is 0 Å². The van der Waals surface area contributed by atoms with E-state index < -0.39 is 33.3 Å². The first-order chi connectivity index (χ1) is 8.49. The van der Waals surface area contributed by atoms with Gasteiger partial charge < -0.3 is 19.7 Å². The van der Waals surface area contributed by atoms with Gasteiger partial charge in [0, 0.05) is 14.2 Å². The average Bonchev–Trinajstić information content (AvgIpc) is 2.35. The molecule has 2 atom stereocenters. The third kappa shape index (κ3) is 3.66. The second kappa shape index (κ2) is 6.67. The monoisotopic (exact) mass is 274 g/mol. The van der Waals surface area contributed by atoms with Gasteiger partial charge in [-0.1, -0.05) is 11.3 Å². The number of aliphatic carboxylic acids is 2. The highest BCUT2D eigenvalue weighted by molar-refractivity contribution is 6.46. The van der Waals surface area contributed by atoms with Crippen LogP contribution in [0.2, 0.25) is 0 Å². The standard InChI is InChI=1S/C11H18O6Si/c1-16-11(17-2)18-6-3-4-7(9(12)13)8(5-6)10(14)15/h3,7-8,11H,4-5,18H2,1-2H3,(H,12,13)(H,14,15). The lowest BCUT2D eigenvalue weighted by Crippen LogP contribution is -2.34. The third-order valence-corrected chi connectivity index (χ3v) is 5.32. The van der Waals surface area contributed by atoms with Gasteiger partial charge >= 0.3 is 11.9 Å². The van der Waals surface area contributed by atoms with Crippen molar-refractivity contribution in [1.29, 1.82) is 0 Å². The molecule has 0 bridgehead atoms. The van der Waals surface area contributed by atoms with Crippen LogP contribution in [0.25, 0.3) is 0 Å². The van der Waals surface area contributed by atoms with Gasteiger partial charge in [-0.3, -0.25) is 9.59 Å². The van der Waals surface area contributed by atoms with Gasteiger partial charge in [-0.05, 0) is 12.8 Å². The van der Waals surface area contributed by atoms with Crippen LogP contribution in [0.5, 0.6) is 0 Å². The van der Waals surface area contributed by atoms with Crippen LogP contribution in [-0.4, -0.2) is 51.8 Å². The van der Waals surface area contributed by atoms with Crippen LogP contribution < -0.4 is 0 Å². The average molecular weight is 274 g/mol. The van der Waals surface area contributed by atoms with Gasteiger partial charge in [-0.15, -0.1) is 0 Å². The molecule has 0 aliphatic heterocycles. The van der Waals surface area contributed by atoms with Gasteiger partial charge in [0.05, 0.1) is 11.8 Å². The fourth-order valence-corrected chi connectivity index (χ4v) is 3.71. The van der Waals surface area contributed by atoms with E-state index >= 15 is 0 Å². The normalized spacial score (nSPS) is 24.5. The molecule has 6 nitrogen and oxygen atoms in total. The minimum absolute atomic E-state index is 0.273. The van der Waals surface area contributed by atoms with Crippen LogP contribution in [0, 0.1) is 11.8 Å². The van der Waals surface area contributed by atoms with Crippen LogP contribution in [0.3, 0.4) is 0 Å². The van der Waals surface area contributed by atoms with Crippen molar-refractivity contribution in [2.75, 3.05) is 14.2 Å². The molecule has 0 fully saturated rings. The van der Waals surface area contributed by atoms with E-state index in [0.717, 1.165) is 5.20 Å². The molecule has 7 heteroatoms. The first-order valence-corrected chi connectivity index (χ1v) is 7.21. The predicted molar refractivity (Wildman–Crippen MR) is 65.9 cm³/mol. The molecule has 0 radical (unpaired) electrons. The van der Waals surface area contributed by atoms with E-state index in [1.165, 1.54) is 0 Å². The van der Waals surface area contributed by atoms with E-state index in [4.69, 9.17) is 19.7 Å². The zero-order chi connectivity index (χ0) is 13.7. The Morgan fingerprint density at radius 2 is 1.83 bits per heavy atom. The summed E-state index contributed by atoms with van der Waals surface area (Å²) in [4.78, 5) is 22.1. The first kappa shape index (κ1) is 14.9. The Kier molecular flexibility index (Phi) is 5.51. The molecular formula is C11H18O6Si. The van der Waals surface area contributed by atoms with E-state index in [1.54, 1.807) is 14.2 Å². The zero-order valence-electron chi connectivity index (χ0n) is 10.5. The number of allylic oxidation sites excluding steroid dienone is 2. The Morgan fingerprint density at radius 3 is 2.28 bits per heavy atom. The van der Waals surface area contributed by atoms with E-state index in [1.807, 2.05) is 6.08 Å². The first-order valence-electron chi connectivity index (χ1n) is 5.68. The Balaban J connectivity index is 2.75. The number of rotatable bonds is 6. The summed E-state index contributed by atoms with van der Waals surface area (Å²) in [5.41, 5.74) is 0. The highest BCUT2D eigenvalue weighted by atomic mass is 28.2. The Hall–Kier alpha value is -1.18. The second-order valence-corrected chi connectivity index (χ2v) is 6.28. The van der Waals surface area contributed by atoms with Crippen LogP contribution in [0.15, 0.2) is 11.3 Å². The molecule has 1 aliphatic rings. The minimum Gasteiger partial charge on any atom is -0.481 e. The molecule has 2 unspecified atom stereocenters. The van der Waals surface area contributed by atoms with Crippen LogP contribution in [-0.2, 0) is 19.1 Å². The molecule has 0 saturated heterocycles. The number of carboxylic acid groups (broad SMARTS) is 2. The van der Waals surface area contributed by atoms with Crippen LogP contribution in [0.1, 0.15) is 12.8 Å². The van der Waals surface area contributed by atoms with E-state index in [0.29, 0.717) is 6.42 Å². The molecule has 0 heterocycles. The molecule has 0 saturated carbocycles. The van der Waals surface area contributed by atoms with Gasteiger partial charge in [0.25, 0.3) is 0 Å². The van der Waals surface area contributed by atoms with Crippen molar-refractivity contribution in [1.82, 2.24) is 0 Å². The van der Waals surface area contributed by atoms with E-state index in [9.17, 15) is 9.59 Å². The Labute approximate surface area is 107 Å². The topological polar surface area (TPSA) is 93.1 Å². The largest absolute Gasteiger partial charge is 0.481 e. The lowest BCUT2D eigenvalue weighted by molar-refractivity contribution is -0.153. The number of hydrogen-bond acceptors (Lipinski definition) is 4. The number of hydrogen-bond donors (Lipinski definition) is 2. The van der Waals surface area contributed by atoms with Crippen molar-refractivity contribution in [2.45, 2.75) is 18.8 Å². The maximum Gasteiger partial charge on any atom is 0.307 e. The predicted octanol–water partition coefficient (Wildman–Crippen LogP) is -0.189. The van der Waals surface area contributed by atoms with Crippen molar-refractivity contribution in [3.8, 4) is 0 Å². The highest BCUT2D eigenvalue weighted by Crippen LogP contribution is 2.30. The molecule has 0 aromatic carbocycles. The SMILES string of the molecule is COC(OC)[SiH2]C1=CCC(C(=O)O)C(C(=O)O)C1. The van der Waals surface area contributed by atoms with Crippen molar-refractivity contribution < 1.29 is 29.3 Å². The third-order valence-electron chi connectivity index (χ3n) is 3.22. The summed E-state index contributed by atoms with van der Waals surface area (Å²) in [5.74, 6) is -4.05. The zero-order valence-corrected chi connectivity index (χ0v) is 11.9. The number of carboxylic acids is 2. The fourth-order valence-electron chi connectivity index (χ4n) is 2.14. The molecule has 0 spiro atoms. The Bertz CT molecular complexity index is 349. The maximum atomic E-state index is 11.1. The van der Waals surface area contributed by atoms with Crippen molar-refractivity contribution >= 4 is 21.5 Å². The van der Waals surface area contributed by atoms with Gasteiger partial charge in [0.15, 0.2) is 0 Å². The number of carbonyl (C=O) groups is 2. The molecule has 1 rings (SSSR count). The summed E-state index contributed by atoms with van der Waals surface area (Å²) < 4.78 is 10.2. The van der Waals surface area contributed by atoms with E-state index in [2.05, 4.69) is 0 Å². The smallest absolute Gasteiger partial charge is 0.307 e. The summed E-state index contributed by atoms with van der Waals surface area (Å²) >= 11 is 0. The molecule has 2 N–H and O–H groups in total. The molecule has 0 aromatic heterocycles. The molecule has 18 heavy (non-hydrogen) atoms. The van der Waals surface area contributed by atoms with Gasteiger partial charge in [-0.2, -0.15) is 0 Å². The molecule has 1 aliphatic carbocycles. The van der Waals surface area contributed by atoms with Gasteiger partial charge in [-0.25, -0.2) is 0 Å². The summed E-state index contributed by atoms with van der Waals surface area (Å²) in [5, 5.41) is 19.1. The minimum atomic E-state index is -1.05. The summed E-state index contributed by atoms with van der Waals surface area (Å²) in [6.45, 7) is 0.